The Kier molecular flexibility index (Phi) is 5.73. The van der Waals surface area contributed by atoms with Crippen molar-refractivity contribution in [2.24, 2.45) is 0 Å². The zero-order chi connectivity index (χ0) is 19.2. The zero-order valence-electron chi connectivity index (χ0n) is 15.0. The Balaban J connectivity index is 1.96. The molecule has 1 heterocycles. The van der Waals surface area contributed by atoms with Gasteiger partial charge in [0.25, 0.3) is 5.56 Å². The Bertz CT molecular complexity index is 997. The monoisotopic (exact) mass is 369 g/mol. The van der Waals surface area contributed by atoms with Gasteiger partial charge in [-0.05, 0) is 17.7 Å². The first kappa shape index (κ1) is 18.5. The number of fused-ring (bicyclic) bond motifs is 1. The van der Waals surface area contributed by atoms with Gasteiger partial charge in [0.1, 0.15) is 12.4 Å². The predicted octanol–water partition coefficient (Wildman–Crippen LogP) is 3.02. The van der Waals surface area contributed by atoms with E-state index in [4.69, 9.17) is 18.9 Å². The molecule has 0 aliphatic heterocycles. The largest absolute Gasteiger partial charge is 0.489 e. The van der Waals surface area contributed by atoms with Crippen molar-refractivity contribution in [1.29, 1.82) is 0 Å². The number of H-pyrrole nitrogens is 1. The van der Waals surface area contributed by atoms with Crippen LogP contribution in [0.3, 0.4) is 0 Å². The summed E-state index contributed by atoms with van der Waals surface area (Å²) < 4.78 is 21.2. The molecule has 0 radical (unpaired) electrons. The molecule has 0 saturated carbocycles. The fourth-order valence-corrected chi connectivity index (χ4v) is 2.56. The molecule has 2 aromatic carbocycles. The highest BCUT2D eigenvalue weighted by atomic mass is 16.7. The molecule has 0 atom stereocenters. The maximum absolute atomic E-state index is 12.3. The lowest BCUT2D eigenvalue weighted by Crippen LogP contribution is -2.17. The highest BCUT2D eigenvalue weighted by Gasteiger charge is 2.18. The second-order valence-electron chi connectivity index (χ2n) is 5.74. The van der Waals surface area contributed by atoms with E-state index in [-0.39, 0.29) is 18.3 Å². The predicted molar refractivity (Wildman–Crippen MR) is 99.2 cm³/mol. The van der Waals surface area contributed by atoms with E-state index in [1.165, 1.54) is 14.0 Å². The standard InChI is InChI=1S/C20H19NO6/c1-13(22)27-19-18(26-12-24-2)16-9-8-15(10-17(16)21-20(19)23)25-11-14-6-4-3-5-7-14/h3-10H,11-12H2,1-2H3,(H,21,23). The van der Waals surface area contributed by atoms with Gasteiger partial charge in [0, 0.05) is 25.5 Å². The summed E-state index contributed by atoms with van der Waals surface area (Å²) in [6.07, 6.45) is 0. The number of ether oxygens (including phenoxy) is 4. The number of carbonyl (C=O) groups is 1. The molecule has 0 unspecified atom stereocenters. The van der Waals surface area contributed by atoms with Crippen LogP contribution >= 0.6 is 0 Å². The SMILES string of the molecule is COCOc1c(OC(C)=O)c(=O)[nH]c2cc(OCc3ccccc3)ccc12. The van der Waals surface area contributed by atoms with Gasteiger partial charge >= 0.3 is 5.97 Å². The highest BCUT2D eigenvalue weighted by Crippen LogP contribution is 2.33. The van der Waals surface area contributed by atoms with E-state index >= 15 is 0 Å². The number of pyridine rings is 1. The molecular weight excluding hydrogens is 350 g/mol. The van der Waals surface area contributed by atoms with Crippen LogP contribution in [0.1, 0.15) is 12.5 Å². The summed E-state index contributed by atoms with van der Waals surface area (Å²) in [6, 6.07) is 14.9. The van der Waals surface area contributed by atoms with Crippen molar-refractivity contribution in [3.8, 4) is 17.2 Å². The van der Waals surface area contributed by atoms with Crippen molar-refractivity contribution >= 4 is 16.9 Å². The summed E-state index contributed by atoms with van der Waals surface area (Å²) in [7, 11) is 1.45. The Labute approximate surface area is 155 Å². The van der Waals surface area contributed by atoms with Crippen molar-refractivity contribution < 1.29 is 23.7 Å². The lowest BCUT2D eigenvalue weighted by molar-refractivity contribution is -0.132. The van der Waals surface area contributed by atoms with Crippen LogP contribution in [0.2, 0.25) is 0 Å². The van der Waals surface area contributed by atoms with Gasteiger partial charge in [-0.1, -0.05) is 30.3 Å². The van der Waals surface area contributed by atoms with E-state index in [1.54, 1.807) is 18.2 Å². The summed E-state index contributed by atoms with van der Waals surface area (Å²) in [5, 5.41) is 0.565. The highest BCUT2D eigenvalue weighted by molar-refractivity contribution is 5.89. The molecule has 3 rings (SSSR count). The van der Waals surface area contributed by atoms with Crippen LogP contribution in [0.4, 0.5) is 0 Å². The summed E-state index contributed by atoms with van der Waals surface area (Å²) in [5.74, 6) is -0.102. The maximum atomic E-state index is 12.3. The second kappa shape index (κ2) is 8.37. The van der Waals surface area contributed by atoms with Crippen molar-refractivity contribution in [3.05, 3.63) is 64.4 Å². The maximum Gasteiger partial charge on any atom is 0.308 e. The van der Waals surface area contributed by atoms with E-state index < -0.39 is 11.5 Å². The molecule has 1 N–H and O–H groups in total. The van der Waals surface area contributed by atoms with E-state index in [1.807, 2.05) is 30.3 Å². The van der Waals surface area contributed by atoms with Gasteiger partial charge in [0.2, 0.25) is 5.75 Å². The molecule has 0 fully saturated rings. The van der Waals surface area contributed by atoms with Gasteiger partial charge in [-0.15, -0.1) is 0 Å². The number of esters is 1. The van der Waals surface area contributed by atoms with E-state index in [9.17, 15) is 9.59 Å². The summed E-state index contributed by atoms with van der Waals surface area (Å²) in [6.45, 7) is 1.51. The number of hydrogen-bond donors (Lipinski definition) is 1. The third-order valence-electron chi connectivity index (χ3n) is 3.71. The van der Waals surface area contributed by atoms with Crippen LogP contribution in [0, 0.1) is 0 Å². The van der Waals surface area contributed by atoms with Gasteiger partial charge in [-0.25, -0.2) is 0 Å². The van der Waals surface area contributed by atoms with E-state index in [0.717, 1.165) is 5.56 Å². The number of benzene rings is 2. The quantitative estimate of drug-likeness (QED) is 0.509. The van der Waals surface area contributed by atoms with Crippen LogP contribution in [-0.2, 0) is 16.1 Å². The van der Waals surface area contributed by atoms with Crippen LogP contribution < -0.4 is 19.8 Å². The first-order valence-electron chi connectivity index (χ1n) is 8.25. The molecule has 0 amide bonds. The van der Waals surface area contributed by atoms with Crippen LogP contribution in [-0.4, -0.2) is 24.9 Å². The number of carbonyl (C=O) groups excluding carboxylic acids is 1. The molecule has 0 aliphatic rings. The third kappa shape index (κ3) is 4.45. The van der Waals surface area contributed by atoms with Gasteiger partial charge < -0.3 is 23.9 Å². The first-order valence-corrected chi connectivity index (χ1v) is 8.25. The molecule has 0 spiro atoms. The fraction of sp³-hybridized carbons (Fsp3) is 0.200. The van der Waals surface area contributed by atoms with Crippen LogP contribution in [0.25, 0.3) is 10.9 Å². The van der Waals surface area contributed by atoms with Gasteiger partial charge in [0.05, 0.1) is 5.52 Å². The number of hydrogen-bond acceptors (Lipinski definition) is 6. The molecule has 0 bridgehead atoms. The molecule has 140 valence electrons. The number of aromatic amines is 1. The van der Waals surface area contributed by atoms with Crippen LogP contribution in [0.5, 0.6) is 17.2 Å². The molecule has 7 nitrogen and oxygen atoms in total. The lowest BCUT2D eigenvalue weighted by atomic mass is 10.2. The van der Waals surface area contributed by atoms with Gasteiger partial charge in [-0.2, -0.15) is 0 Å². The zero-order valence-corrected chi connectivity index (χ0v) is 15.0. The first-order chi connectivity index (χ1) is 13.1. The minimum Gasteiger partial charge on any atom is -0.489 e. The summed E-state index contributed by atoms with van der Waals surface area (Å²) in [4.78, 5) is 26.4. The average Bonchev–Trinajstić information content (AvgIpc) is 2.66. The molecule has 1 aromatic heterocycles. The van der Waals surface area contributed by atoms with Crippen molar-refractivity contribution in [3.63, 3.8) is 0 Å². The second-order valence-corrected chi connectivity index (χ2v) is 5.74. The molecule has 3 aromatic rings. The summed E-state index contributed by atoms with van der Waals surface area (Å²) in [5.41, 5.74) is 0.942. The van der Waals surface area contributed by atoms with E-state index in [2.05, 4.69) is 4.98 Å². The minimum atomic E-state index is -0.620. The minimum absolute atomic E-state index is 0.0981. The third-order valence-corrected chi connectivity index (χ3v) is 3.71. The normalized spacial score (nSPS) is 10.6. The van der Waals surface area contributed by atoms with Crippen molar-refractivity contribution in [2.75, 3.05) is 13.9 Å². The molecule has 27 heavy (non-hydrogen) atoms. The Morgan fingerprint density at radius 1 is 1.04 bits per heavy atom. The number of rotatable bonds is 7. The lowest BCUT2D eigenvalue weighted by Gasteiger charge is -2.13. The molecule has 0 saturated heterocycles. The van der Waals surface area contributed by atoms with Crippen molar-refractivity contribution in [2.45, 2.75) is 13.5 Å². The number of nitrogens with one attached hydrogen (secondary N) is 1. The Morgan fingerprint density at radius 2 is 1.81 bits per heavy atom. The van der Waals surface area contributed by atoms with Crippen molar-refractivity contribution in [1.82, 2.24) is 4.98 Å². The van der Waals surface area contributed by atoms with Crippen LogP contribution in [0.15, 0.2) is 53.3 Å². The summed E-state index contributed by atoms with van der Waals surface area (Å²) >= 11 is 0. The fourth-order valence-electron chi connectivity index (χ4n) is 2.56. The Morgan fingerprint density at radius 3 is 2.52 bits per heavy atom. The van der Waals surface area contributed by atoms with E-state index in [0.29, 0.717) is 23.3 Å². The average molecular weight is 369 g/mol. The van der Waals surface area contributed by atoms with Gasteiger partial charge in [0.15, 0.2) is 12.5 Å². The molecule has 0 aliphatic carbocycles. The number of methoxy groups -OCH3 is 1. The Hall–Kier alpha value is -3.32. The number of aromatic nitrogens is 1. The van der Waals surface area contributed by atoms with Gasteiger partial charge in [-0.3, -0.25) is 9.59 Å². The molecule has 7 heteroatoms. The topological polar surface area (TPSA) is 86.9 Å². The smallest absolute Gasteiger partial charge is 0.308 e. The molecular formula is C20H19NO6.